The lowest BCUT2D eigenvalue weighted by atomic mass is 9.91. The van der Waals surface area contributed by atoms with Crippen LogP contribution in [-0.2, 0) is 14.3 Å². The third-order valence-corrected chi connectivity index (χ3v) is 4.83. The zero-order chi connectivity index (χ0) is 25.1. The first-order chi connectivity index (χ1) is 16.2. The minimum atomic E-state index is -0.968. The zero-order valence-corrected chi connectivity index (χ0v) is 18.9. The predicted octanol–water partition coefficient (Wildman–Crippen LogP) is 4.94. The molecule has 34 heavy (non-hydrogen) atoms. The van der Waals surface area contributed by atoms with Crippen molar-refractivity contribution in [3.63, 3.8) is 0 Å². The van der Waals surface area contributed by atoms with Crippen LogP contribution in [-0.4, -0.2) is 37.0 Å². The molecule has 0 aliphatic rings. The zero-order valence-electron chi connectivity index (χ0n) is 18.9. The summed E-state index contributed by atoms with van der Waals surface area (Å²) in [6.07, 6.45) is 0.889. The van der Waals surface area contributed by atoms with Crippen LogP contribution in [0.1, 0.15) is 25.5 Å². The number of halogens is 2. The van der Waals surface area contributed by atoms with E-state index in [0.717, 1.165) is 12.1 Å². The fourth-order valence-electron chi connectivity index (χ4n) is 2.96. The molecule has 0 saturated heterocycles. The van der Waals surface area contributed by atoms with Crippen molar-refractivity contribution in [3.8, 4) is 5.75 Å². The van der Waals surface area contributed by atoms with E-state index in [1.807, 2.05) is 0 Å². The van der Waals surface area contributed by atoms with E-state index in [1.54, 1.807) is 38.1 Å². The number of aliphatic hydroxyl groups excluding tert-OH is 1. The maximum Gasteiger partial charge on any atom is 0.412 e. The number of hydrogen-bond acceptors (Lipinski definition) is 6. The first-order valence-corrected chi connectivity index (χ1v) is 10.5. The summed E-state index contributed by atoms with van der Waals surface area (Å²) in [6, 6.07) is 9.35. The highest BCUT2D eigenvalue weighted by Crippen LogP contribution is 2.33. The van der Waals surface area contributed by atoms with Crippen LogP contribution in [0.15, 0.2) is 66.8 Å². The van der Waals surface area contributed by atoms with Crippen molar-refractivity contribution in [3.05, 3.63) is 84.0 Å². The van der Waals surface area contributed by atoms with E-state index in [4.69, 9.17) is 19.3 Å². The van der Waals surface area contributed by atoms with Crippen LogP contribution in [0.3, 0.4) is 0 Å². The predicted molar refractivity (Wildman–Crippen MR) is 122 cm³/mol. The van der Waals surface area contributed by atoms with Gasteiger partial charge in [-0.1, -0.05) is 37.3 Å². The molecule has 0 heterocycles. The number of esters is 1. The van der Waals surface area contributed by atoms with Gasteiger partial charge in [0, 0.05) is 18.1 Å². The highest BCUT2D eigenvalue weighted by atomic mass is 19.1. The minimum Gasteiger partial charge on any atom is -0.491 e. The van der Waals surface area contributed by atoms with Crippen LogP contribution in [0.2, 0.25) is 0 Å². The number of benzene rings is 2. The van der Waals surface area contributed by atoms with Crippen molar-refractivity contribution >= 4 is 17.7 Å². The fraction of sp³-hybridized carbons (Fsp3) is 0.280. The van der Waals surface area contributed by atoms with Crippen LogP contribution in [0.5, 0.6) is 5.75 Å². The Morgan fingerprint density at radius 1 is 1.18 bits per heavy atom. The number of hydrogen-bond donors (Lipinski definition) is 2. The first kappa shape index (κ1) is 26.5. The van der Waals surface area contributed by atoms with Gasteiger partial charge in [0.05, 0.1) is 12.3 Å². The van der Waals surface area contributed by atoms with Gasteiger partial charge in [0.1, 0.15) is 36.7 Å². The highest BCUT2D eigenvalue weighted by Gasteiger charge is 2.26. The van der Waals surface area contributed by atoms with E-state index in [-0.39, 0.29) is 25.5 Å². The molecule has 2 aromatic carbocycles. The molecule has 2 atom stereocenters. The topological polar surface area (TPSA) is 94.1 Å². The summed E-state index contributed by atoms with van der Waals surface area (Å²) in [5.74, 6) is -2.29. The normalized spacial score (nSPS) is 12.9. The molecule has 0 radical (unpaired) electrons. The molecule has 1 amide bonds. The number of nitrogens with one attached hydrogen (secondary N) is 1. The molecule has 182 valence electrons. The van der Waals surface area contributed by atoms with E-state index >= 15 is 0 Å². The summed E-state index contributed by atoms with van der Waals surface area (Å²) in [4.78, 5) is 24.5. The summed E-state index contributed by atoms with van der Waals surface area (Å²) in [5.41, 5.74) is 0.900. The first-order valence-electron chi connectivity index (χ1n) is 10.5. The van der Waals surface area contributed by atoms with Gasteiger partial charge in [0.25, 0.3) is 0 Å². The molecule has 0 aliphatic heterocycles. The van der Waals surface area contributed by atoms with Crippen molar-refractivity contribution in [2.75, 3.05) is 25.1 Å². The van der Waals surface area contributed by atoms with Crippen molar-refractivity contribution in [1.29, 1.82) is 0 Å². The Kier molecular flexibility index (Phi) is 10.2. The standard InChI is InChI=1S/C25H27F2NO6/c1-4-12-33-23(30)14-16(2)17(3)24(18-5-8-20(9-6-18)32-13-11-29)34-25(31)28-22-10-7-19(26)15-21(22)27/h4-10,14-15,17,24,29H,1,11-13H2,2-3H3,(H,28,31)/b16-14+/t17-,24-/m1/s1. The monoisotopic (exact) mass is 475 g/mol. The Bertz CT molecular complexity index is 1020. The summed E-state index contributed by atoms with van der Waals surface area (Å²) in [7, 11) is 0. The molecule has 9 heteroatoms. The molecule has 2 aromatic rings. The van der Waals surface area contributed by atoms with Crippen LogP contribution >= 0.6 is 0 Å². The Hall–Kier alpha value is -3.72. The van der Waals surface area contributed by atoms with Gasteiger partial charge in [-0.3, -0.25) is 5.32 Å². The molecule has 0 spiro atoms. The maximum absolute atomic E-state index is 13.9. The lowest BCUT2D eigenvalue weighted by molar-refractivity contribution is -0.136. The summed E-state index contributed by atoms with van der Waals surface area (Å²) >= 11 is 0. The minimum absolute atomic E-state index is 0.0534. The summed E-state index contributed by atoms with van der Waals surface area (Å²) in [6.45, 7) is 6.95. The van der Waals surface area contributed by atoms with E-state index in [0.29, 0.717) is 23.0 Å². The average molecular weight is 475 g/mol. The van der Waals surface area contributed by atoms with Crippen molar-refractivity contribution in [2.45, 2.75) is 20.0 Å². The summed E-state index contributed by atoms with van der Waals surface area (Å²) in [5, 5.41) is 11.2. The van der Waals surface area contributed by atoms with E-state index in [2.05, 4.69) is 11.9 Å². The van der Waals surface area contributed by atoms with Crippen LogP contribution in [0.4, 0.5) is 19.3 Å². The Morgan fingerprint density at radius 3 is 2.50 bits per heavy atom. The lowest BCUT2D eigenvalue weighted by Gasteiger charge is -2.25. The van der Waals surface area contributed by atoms with Crippen LogP contribution in [0.25, 0.3) is 0 Å². The molecule has 2 rings (SSSR count). The molecular weight excluding hydrogens is 448 g/mol. The smallest absolute Gasteiger partial charge is 0.412 e. The molecule has 2 N–H and O–H groups in total. The molecule has 0 fully saturated rings. The Balaban J connectivity index is 2.26. The Morgan fingerprint density at radius 2 is 1.88 bits per heavy atom. The van der Waals surface area contributed by atoms with Gasteiger partial charge in [-0.05, 0) is 36.8 Å². The van der Waals surface area contributed by atoms with Gasteiger partial charge < -0.3 is 19.3 Å². The second-order valence-electron chi connectivity index (χ2n) is 7.31. The van der Waals surface area contributed by atoms with Gasteiger partial charge in [-0.25, -0.2) is 18.4 Å². The number of anilines is 1. The van der Waals surface area contributed by atoms with Crippen molar-refractivity contribution < 1.29 is 37.7 Å². The number of carbonyl (C=O) groups excluding carboxylic acids is 2. The SMILES string of the molecule is C=CCOC(=O)/C=C(\C)[C@@H](C)[C@@H](OC(=O)Nc1ccc(F)cc1F)c1ccc(OCCO)cc1. The van der Waals surface area contributed by atoms with Gasteiger partial charge >= 0.3 is 12.1 Å². The van der Waals surface area contributed by atoms with E-state index in [9.17, 15) is 18.4 Å². The third-order valence-electron chi connectivity index (χ3n) is 4.83. The van der Waals surface area contributed by atoms with E-state index in [1.165, 1.54) is 12.2 Å². The summed E-state index contributed by atoms with van der Waals surface area (Å²) < 4.78 is 43.0. The highest BCUT2D eigenvalue weighted by molar-refractivity contribution is 5.85. The number of rotatable bonds is 11. The second kappa shape index (κ2) is 13.1. The van der Waals surface area contributed by atoms with Gasteiger partial charge in [0.15, 0.2) is 0 Å². The quantitative estimate of drug-likeness (QED) is 0.272. The Labute approximate surface area is 196 Å². The number of aliphatic hydroxyl groups is 1. The number of ether oxygens (including phenoxy) is 3. The van der Waals surface area contributed by atoms with E-state index < -0.39 is 35.7 Å². The van der Waals surface area contributed by atoms with Gasteiger partial charge in [0.2, 0.25) is 0 Å². The van der Waals surface area contributed by atoms with Crippen molar-refractivity contribution in [1.82, 2.24) is 0 Å². The second-order valence-corrected chi connectivity index (χ2v) is 7.31. The fourth-order valence-corrected chi connectivity index (χ4v) is 2.96. The van der Waals surface area contributed by atoms with Crippen molar-refractivity contribution in [2.24, 2.45) is 5.92 Å². The lowest BCUT2D eigenvalue weighted by Crippen LogP contribution is -2.23. The molecule has 0 aliphatic carbocycles. The number of amides is 1. The molecule has 0 saturated carbocycles. The largest absolute Gasteiger partial charge is 0.491 e. The number of carbonyl (C=O) groups is 2. The third kappa shape index (κ3) is 8.00. The van der Waals surface area contributed by atoms with Crippen LogP contribution < -0.4 is 10.1 Å². The van der Waals surface area contributed by atoms with Gasteiger partial charge in [-0.2, -0.15) is 0 Å². The average Bonchev–Trinajstić information content (AvgIpc) is 2.81. The van der Waals surface area contributed by atoms with Crippen LogP contribution in [0, 0.1) is 17.6 Å². The molecular formula is C25H27F2NO6. The molecule has 0 aromatic heterocycles. The van der Waals surface area contributed by atoms with Gasteiger partial charge in [-0.15, -0.1) is 0 Å². The molecule has 0 bridgehead atoms. The molecule has 0 unspecified atom stereocenters. The maximum atomic E-state index is 13.9. The molecule has 7 nitrogen and oxygen atoms in total.